The first-order valence-electron chi connectivity index (χ1n) is 5.65. The van der Waals surface area contributed by atoms with Crippen molar-refractivity contribution in [3.8, 4) is 5.75 Å². The number of fused-ring (bicyclic) bond motifs is 1. The summed E-state index contributed by atoms with van der Waals surface area (Å²) in [7, 11) is 0. The van der Waals surface area contributed by atoms with Gasteiger partial charge in [0.25, 0.3) is 0 Å². The standard InChI is InChI=1S/C13H10BrN2O.Tl/c14-10-1-2-13-12(6-10)9(3-4-17-13)5-11-7-15-8-16-11;/h1-2,5-8H,3-4H2;/q-1;+1/b9-5+;. The molecule has 88 valence electrons. The molecule has 3 rings (SSSR count). The van der Waals surface area contributed by atoms with Crippen LogP contribution in [0.15, 0.2) is 35.2 Å². The SMILES string of the molecule is Brc1ccc2c(c1)/C(=C/c1c[n]([Tl])cn1)CCO2. The van der Waals surface area contributed by atoms with Gasteiger partial charge in [0.05, 0.1) is 0 Å². The van der Waals surface area contributed by atoms with Crippen molar-refractivity contribution in [2.45, 2.75) is 6.42 Å². The molecule has 0 bridgehead atoms. The molecule has 0 unspecified atom stereocenters. The van der Waals surface area contributed by atoms with E-state index in [4.69, 9.17) is 4.74 Å². The van der Waals surface area contributed by atoms with Crippen LogP contribution in [0.4, 0.5) is 0 Å². The molecular weight excluding hydrogens is 484 g/mol. The van der Waals surface area contributed by atoms with Crippen LogP contribution in [-0.2, 0) is 0 Å². The molecule has 18 heavy (non-hydrogen) atoms. The Morgan fingerprint density at radius 2 is 2.33 bits per heavy atom. The first-order chi connectivity index (χ1) is 8.72. The Morgan fingerprint density at radius 3 is 3.11 bits per heavy atom. The van der Waals surface area contributed by atoms with E-state index in [0.29, 0.717) is 0 Å². The average Bonchev–Trinajstić information content (AvgIpc) is 2.76. The number of imidazole rings is 1. The minimum atomic E-state index is 0.740. The fourth-order valence-corrected chi connectivity index (χ4v) is 3.25. The predicted molar refractivity (Wildman–Crippen MR) is 75.5 cm³/mol. The van der Waals surface area contributed by atoms with E-state index < -0.39 is 0 Å². The van der Waals surface area contributed by atoms with Gasteiger partial charge in [-0.1, -0.05) is 0 Å². The van der Waals surface area contributed by atoms with E-state index >= 15 is 0 Å². The van der Waals surface area contributed by atoms with Gasteiger partial charge in [-0.2, -0.15) is 0 Å². The van der Waals surface area contributed by atoms with Gasteiger partial charge < -0.3 is 0 Å². The summed E-state index contributed by atoms with van der Waals surface area (Å²) in [5.74, 6) is 0.961. The van der Waals surface area contributed by atoms with Crippen molar-refractivity contribution in [1.82, 2.24) is 7.36 Å². The zero-order valence-corrected chi connectivity index (χ0v) is 15.7. The first-order valence-corrected chi connectivity index (χ1v) is 8.45. The van der Waals surface area contributed by atoms with Gasteiger partial charge in [0.15, 0.2) is 0 Å². The molecule has 1 aromatic heterocycles. The monoisotopic (exact) mass is 494 g/mol. The Labute approximate surface area is 130 Å². The van der Waals surface area contributed by atoms with Gasteiger partial charge in [-0.25, -0.2) is 0 Å². The van der Waals surface area contributed by atoms with Crippen molar-refractivity contribution in [3.05, 3.63) is 46.5 Å². The van der Waals surface area contributed by atoms with Gasteiger partial charge in [0.2, 0.25) is 0 Å². The summed E-state index contributed by atoms with van der Waals surface area (Å²) in [5, 5.41) is 0. The van der Waals surface area contributed by atoms with E-state index in [1.165, 1.54) is 11.1 Å². The van der Waals surface area contributed by atoms with Gasteiger partial charge in [0.1, 0.15) is 0 Å². The van der Waals surface area contributed by atoms with Crippen molar-refractivity contribution in [1.29, 1.82) is 0 Å². The molecular formula is C13H10BrN2OTl. The Morgan fingerprint density at radius 1 is 1.44 bits per heavy atom. The van der Waals surface area contributed by atoms with Crippen LogP contribution in [0, 0.1) is 0 Å². The third kappa shape index (κ3) is 2.54. The second kappa shape index (κ2) is 5.16. The van der Waals surface area contributed by atoms with Crippen LogP contribution in [0.25, 0.3) is 11.6 Å². The summed E-state index contributed by atoms with van der Waals surface area (Å²) in [4.78, 5) is 4.38. The number of nitrogens with zero attached hydrogens (tertiary/aromatic N) is 2. The number of hydrogen-bond donors (Lipinski definition) is 0. The second-order valence-corrected chi connectivity index (χ2v) is 7.39. The van der Waals surface area contributed by atoms with Crippen molar-refractivity contribution in [2.75, 3.05) is 6.61 Å². The van der Waals surface area contributed by atoms with Crippen LogP contribution in [0.5, 0.6) is 5.75 Å². The van der Waals surface area contributed by atoms with Gasteiger partial charge >= 0.3 is 131 Å². The molecule has 0 spiro atoms. The maximum absolute atomic E-state index is 5.67. The zero-order chi connectivity index (χ0) is 12.5. The molecule has 0 radical (unpaired) electrons. The summed E-state index contributed by atoms with van der Waals surface area (Å²) in [5.41, 5.74) is 3.49. The van der Waals surface area contributed by atoms with E-state index in [1.807, 2.05) is 18.5 Å². The first kappa shape index (κ1) is 12.4. The molecule has 0 aliphatic carbocycles. The van der Waals surface area contributed by atoms with Crippen molar-refractivity contribution in [3.63, 3.8) is 0 Å². The molecule has 0 saturated heterocycles. The molecule has 1 aliphatic heterocycles. The summed E-state index contributed by atoms with van der Waals surface area (Å²) in [6, 6.07) is 6.13. The van der Waals surface area contributed by atoms with Gasteiger partial charge in [-0.3, -0.25) is 0 Å². The Hall–Kier alpha value is -0.628. The van der Waals surface area contributed by atoms with Crippen LogP contribution in [0.3, 0.4) is 0 Å². The predicted octanol–water partition coefficient (Wildman–Crippen LogP) is 2.90. The molecule has 2 heterocycles. The summed E-state index contributed by atoms with van der Waals surface area (Å²) >= 11 is 4.28. The molecule has 0 saturated carbocycles. The van der Waals surface area contributed by atoms with E-state index in [1.54, 1.807) is 0 Å². The number of halogens is 1. The quantitative estimate of drug-likeness (QED) is 0.571. The van der Waals surface area contributed by atoms with Gasteiger partial charge in [0, 0.05) is 0 Å². The fourth-order valence-electron chi connectivity index (χ4n) is 2.04. The van der Waals surface area contributed by atoms with E-state index in [-0.39, 0.29) is 0 Å². The second-order valence-electron chi connectivity index (χ2n) is 4.15. The number of ether oxygens (including phenoxy) is 1. The maximum atomic E-state index is 5.67. The molecule has 5 heteroatoms. The molecule has 0 N–H and O–H groups in total. The van der Waals surface area contributed by atoms with Crippen LogP contribution in [0.2, 0.25) is 0 Å². The molecule has 0 atom stereocenters. The third-order valence-electron chi connectivity index (χ3n) is 2.86. The molecule has 1 aliphatic rings. The molecule has 2 aromatic rings. The van der Waals surface area contributed by atoms with E-state index in [0.717, 1.165) is 55.0 Å². The van der Waals surface area contributed by atoms with Crippen LogP contribution in [0.1, 0.15) is 17.7 Å². The Balaban J connectivity index is 2.05. The van der Waals surface area contributed by atoms with Crippen molar-refractivity contribution >= 4 is 53.6 Å². The average molecular weight is 495 g/mol. The summed E-state index contributed by atoms with van der Waals surface area (Å²) < 4.78 is 8.87. The minimum absolute atomic E-state index is 0.740. The van der Waals surface area contributed by atoms with E-state index in [2.05, 4.69) is 41.6 Å². The number of benzene rings is 1. The van der Waals surface area contributed by atoms with Gasteiger partial charge in [-0.05, 0) is 0 Å². The number of rotatable bonds is 1. The van der Waals surface area contributed by atoms with Crippen LogP contribution >= 0.6 is 15.9 Å². The Bertz CT molecular complexity index is 621. The summed E-state index contributed by atoms with van der Waals surface area (Å²) in [6.45, 7) is 0.740. The van der Waals surface area contributed by atoms with Crippen LogP contribution < -0.4 is 4.74 Å². The molecule has 3 nitrogen and oxygen atoms in total. The topological polar surface area (TPSA) is 27.1 Å². The third-order valence-corrected chi connectivity index (χ3v) is 4.45. The zero-order valence-electron chi connectivity index (χ0n) is 9.64. The van der Waals surface area contributed by atoms with Gasteiger partial charge in [-0.15, -0.1) is 0 Å². The van der Waals surface area contributed by atoms with Crippen LogP contribution in [-0.4, -0.2) is 40.0 Å². The van der Waals surface area contributed by atoms with Crippen molar-refractivity contribution < 1.29 is 4.74 Å². The normalized spacial score (nSPS) is 16.3. The van der Waals surface area contributed by atoms with Crippen molar-refractivity contribution in [2.24, 2.45) is 0 Å². The fraction of sp³-hybridized carbons (Fsp3) is 0.154. The number of aromatic nitrogens is 2. The molecule has 0 fully saturated rings. The molecule has 0 amide bonds. The van der Waals surface area contributed by atoms with E-state index in [9.17, 15) is 0 Å². The summed E-state index contributed by atoms with van der Waals surface area (Å²) in [6.07, 6.45) is 7.06. The number of hydrogen-bond acceptors (Lipinski definition) is 2. The Kier molecular flexibility index (Phi) is 3.56. The molecule has 1 aromatic carbocycles.